The molecule has 0 radical (unpaired) electrons. The van der Waals surface area contributed by atoms with Gasteiger partial charge in [0.05, 0.1) is 23.8 Å². The van der Waals surface area contributed by atoms with Gasteiger partial charge in [-0.25, -0.2) is 4.68 Å². The van der Waals surface area contributed by atoms with Gasteiger partial charge >= 0.3 is 6.18 Å². The lowest BCUT2D eigenvalue weighted by atomic mass is 10.3. The molecule has 0 aliphatic rings. The Labute approximate surface area is 168 Å². The first-order valence-electron chi connectivity index (χ1n) is 7.98. The number of alkyl halides is 3. The van der Waals surface area contributed by atoms with E-state index in [1.54, 1.807) is 31.5 Å². The average molecular weight is 436 g/mol. The van der Waals surface area contributed by atoms with E-state index >= 15 is 0 Å². The van der Waals surface area contributed by atoms with Crippen LogP contribution in [0.4, 0.5) is 18.9 Å². The first kappa shape index (κ1) is 22.0. The van der Waals surface area contributed by atoms with Crippen LogP contribution < -0.4 is 4.90 Å². The number of carbonyl (C=O) groups excluding carboxylic acids is 1. The highest BCUT2D eigenvalue weighted by molar-refractivity contribution is 8.00. The lowest BCUT2D eigenvalue weighted by Crippen LogP contribution is -2.38. The number of anilines is 1. The van der Waals surface area contributed by atoms with E-state index in [2.05, 4.69) is 20.1 Å². The molecule has 12 heteroatoms. The minimum atomic E-state index is -4.34. The van der Waals surface area contributed by atoms with E-state index < -0.39 is 17.8 Å². The molecule has 0 aliphatic carbocycles. The summed E-state index contributed by atoms with van der Waals surface area (Å²) in [5.74, 6) is -1.99. The minimum Gasteiger partial charge on any atom is -0.399 e. The summed E-state index contributed by atoms with van der Waals surface area (Å²) in [4.78, 5) is 22.7. The van der Waals surface area contributed by atoms with Gasteiger partial charge in [-0.2, -0.15) is 18.3 Å². The van der Waals surface area contributed by atoms with Gasteiger partial charge in [-0.15, -0.1) is 11.8 Å². The lowest BCUT2D eigenvalue weighted by molar-refractivity contribution is -0.112. The third kappa shape index (κ3) is 5.86. The Bertz CT molecular complexity index is 829. The monoisotopic (exact) mass is 435 g/mol. The number of amides is 1. The Kier molecular flexibility index (Phi) is 7.69. The zero-order valence-corrected chi connectivity index (χ0v) is 16.6. The van der Waals surface area contributed by atoms with Crippen LogP contribution in [0, 0.1) is 0 Å². The Morgan fingerprint density at radius 1 is 1.46 bits per heavy atom. The second kappa shape index (κ2) is 9.78. The highest BCUT2D eigenvalue weighted by atomic mass is 35.5. The quantitative estimate of drug-likeness (QED) is 0.468. The predicted molar refractivity (Wildman–Crippen MR) is 102 cm³/mol. The summed E-state index contributed by atoms with van der Waals surface area (Å²) in [7, 11) is 1.21. The number of thioether (sulfide) groups is 1. The van der Waals surface area contributed by atoms with Gasteiger partial charge in [0, 0.05) is 18.5 Å². The van der Waals surface area contributed by atoms with Crippen molar-refractivity contribution >= 4 is 40.7 Å². The molecular weight excluding hydrogens is 419 g/mol. The van der Waals surface area contributed by atoms with Crippen molar-refractivity contribution in [2.75, 3.05) is 30.1 Å². The Morgan fingerprint density at radius 3 is 2.79 bits per heavy atom. The largest absolute Gasteiger partial charge is 0.399 e. The molecule has 0 fully saturated rings. The summed E-state index contributed by atoms with van der Waals surface area (Å²) < 4.78 is 38.6. The van der Waals surface area contributed by atoms with Crippen LogP contribution in [-0.2, 0) is 9.63 Å². The Hall–Kier alpha value is -2.27. The molecule has 1 amide bonds. The SMILES string of the molecule is CCN(C(=O)C(CSCC(F)(F)F)=NOC)c1cn(-c2cccnc2)nc1Cl. The van der Waals surface area contributed by atoms with Crippen LogP contribution in [0.25, 0.3) is 5.69 Å². The third-order valence-electron chi connectivity index (χ3n) is 3.37. The summed E-state index contributed by atoms with van der Waals surface area (Å²) in [6, 6.07) is 3.47. The van der Waals surface area contributed by atoms with Crippen LogP contribution in [0.15, 0.2) is 35.9 Å². The Morgan fingerprint density at radius 2 is 2.21 bits per heavy atom. The number of hydrogen-bond acceptors (Lipinski definition) is 6. The van der Waals surface area contributed by atoms with Crippen molar-refractivity contribution < 1.29 is 22.8 Å². The molecule has 2 aromatic heterocycles. The normalized spacial score (nSPS) is 12.1. The maximum Gasteiger partial charge on any atom is 0.397 e. The molecule has 0 unspecified atom stereocenters. The molecule has 0 spiro atoms. The molecule has 2 heterocycles. The molecule has 7 nitrogen and oxygen atoms in total. The fraction of sp³-hybridized carbons (Fsp3) is 0.375. The molecule has 0 bridgehead atoms. The number of halogens is 4. The van der Waals surface area contributed by atoms with Crippen molar-refractivity contribution in [3.63, 3.8) is 0 Å². The van der Waals surface area contributed by atoms with Gasteiger partial charge in [-0.3, -0.25) is 9.78 Å². The van der Waals surface area contributed by atoms with E-state index in [4.69, 9.17) is 11.6 Å². The number of nitrogens with zero attached hydrogens (tertiary/aromatic N) is 5. The second-order valence-electron chi connectivity index (χ2n) is 5.34. The summed E-state index contributed by atoms with van der Waals surface area (Å²) in [5, 5.41) is 7.80. The lowest BCUT2D eigenvalue weighted by Gasteiger charge is -2.20. The van der Waals surface area contributed by atoms with Gasteiger partial charge in [0.15, 0.2) is 10.9 Å². The summed E-state index contributed by atoms with van der Waals surface area (Å²) in [6.07, 6.45) is 0.360. The fourth-order valence-corrected chi connectivity index (χ4v) is 3.16. The highest BCUT2D eigenvalue weighted by Gasteiger charge is 2.29. The van der Waals surface area contributed by atoms with Crippen molar-refractivity contribution in [3.05, 3.63) is 35.9 Å². The van der Waals surface area contributed by atoms with Crippen molar-refractivity contribution in [1.29, 1.82) is 0 Å². The Balaban J connectivity index is 2.24. The third-order valence-corrected chi connectivity index (χ3v) is 4.65. The number of carbonyl (C=O) groups is 1. The number of oxime groups is 1. The summed E-state index contributed by atoms with van der Waals surface area (Å²) in [6.45, 7) is 1.90. The zero-order chi connectivity index (χ0) is 20.7. The van der Waals surface area contributed by atoms with E-state index in [9.17, 15) is 18.0 Å². The molecule has 2 rings (SSSR count). The number of rotatable bonds is 8. The summed E-state index contributed by atoms with van der Waals surface area (Å²) in [5.41, 5.74) is 0.761. The van der Waals surface area contributed by atoms with Crippen molar-refractivity contribution in [1.82, 2.24) is 14.8 Å². The zero-order valence-electron chi connectivity index (χ0n) is 15.0. The van der Waals surface area contributed by atoms with E-state index in [1.165, 1.54) is 22.9 Å². The van der Waals surface area contributed by atoms with Gasteiger partial charge in [0.1, 0.15) is 12.8 Å². The fourth-order valence-electron chi connectivity index (χ4n) is 2.23. The first-order chi connectivity index (χ1) is 13.3. The maximum absolute atomic E-state index is 12.8. The molecule has 0 aliphatic heterocycles. The maximum atomic E-state index is 12.8. The summed E-state index contributed by atoms with van der Waals surface area (Å²) >= 11 is 6.71. The molecule has 0 N–H and O–H groups in total. The van der Waals surface area contributed by atoms with Crippen LogP contribution >= 0.6 is 23.4 Å². The van der Waals surface area contributed by atoms with Crippen LogP contribution in [0.1, 0.15) is 6.92 Å². The van der Waals surface area contributed by atoms with Crippen molar-refractivity contribution in [2.24, 2.45) is 5.16 Å². The molecule has 0 saturated carbocycles. The van der Waals surface area contributed by atoms with Crippen LogP contribution in [0.2, 0.25) is 5.15 Å². The molecule has 28 heavy (non-hydrogen) atoms. The molecule has 0 saturated heterocycles. The number of hydrogen-bond donors (Lipinski definition) is 0. The molecule has 2 aromatic rings. The molecule has 152 valence electrons. The number of aromatic nitrogens is 3. The minimum absolute atomic E-state index is 0.0544. The van der Waals surface area contributed by atoms with Gasteiger partial charge in [-0.05, 0) is 19.1 Å². The first-order valence-corrected chi connectivity index (χ1v) is 9.52. The average Bonchev–Trinajstić information content (AvgIpc) is 3.03. The van der Waals surface area contributed by atoms with Gasteiger partial charge in [0.2, 0.25) is 0 Å². The molecular formula is C16H17ClF3N5O2S. The van der Waals surface area contributed by atoms with Crippen LogP contribution in [-0.4, -0.2) is 57.7 Å². The van der Waals surface area contributed by atoms with Crippen molar-refractivity contribution in [3.8, 4) is 5.69 Å². The van der Waals surface area contributed by atoms with E-state index in [0.29, 0.717) is 23.1 Å². The number of pyridine rings is 1. The van der Waals surface area contributed by atoms with Gasteiger partial charge in [-0.1, -0.05) is 16.8 Å². The van der Waals surface area contributed by atoms with Gasteiger partial charge < -0.3 is 9.74 Å². The predicted octanol–water partition coefficient (Wildman–Crippen LogP) is 3.57. The van der Waals surface area contributed by atoms with E-state index in [0.717, 1.165) is 0 Å². The van der Waals surface area contributed by atoms with E-state index in [-0.39, 0.29) is 23.2 Å². The van der Waals surface area contributed by atoms with Crippen molar-refractivity contribution in [2.45, 2.75) is 13.1 Å². The van der Waals surface area contributed by atoms with Crippen LogP contribution in [0.5, 0.6) is 0 Å². The second-order valence-corrected chi connectivity index (χ2v) is 6.68. The highest BCUT2D eigenvalue weighted by Crippen LogP contribution is 2.27. The van der Waals surface area contributed by atoms with E-state index in [1.807, 2.05) is 0 Å². The smallest absolute Gasteiger partial charge is 0.397 e. The topological polar surface area (TPSA) is 72.6 Å². The van der Waals surface area contributed by atoms with Crippen LogP contribution in [0.3, 0.4) is 0 Å². The van der Waals surface area contributed by atoms with Gasteiger partial charge in [0.25, 0.3) is 5.91 Å². The molecule has 0 atom stereocenters. The molecule has 0 aromatic carbocycles. The standard InChI is InChI=1S/C16H17ClF3N5O2S/c1-3-24(15(26)12(23-27-2)9-28-10-16(18,19)20)13-8-25(22-14(13)17)11-5-4-6-21-7-11/h4-8H,3,9-10H2,1-2H3.